The van der Waals surface area contributed by atoms with Crippen molar-refractivity contribution in [3.63, 3.8) is 0 Å². The fourth-order valence-electron chi connectivity index (χ4n) is 5.02. The summed E-state index contributed by atoms with van der Waals surface area (Å²) in [6.07, 6.45) is 6.20. The summed E-state index contributed by atoms with van der Waals surface area (Å²) < 4.78 is 42.9. The molecule has 4 aromatic rings. The monoisotopic (exact) mass is 535 g/mol. The lowest BCUT2D eigenvalue weighted by Crippen LogP contribution is -2.35. The summed E-state index contributed by atoms with van der Waals surface area (Å²) in [4.78, 5) is 14.5. The Labute approximate surface area is 219 Å². The number of aryl methyl sites for hydroxylation is 1. The van der Waals surface area contributed by atoms with E-state index in [1.54, 1.807) is 29.9 Å². The smallest absolute Gasteiger partial charge is 0.267 e. The van der Waals surface area contributed by atoms with Crippen LogP contribution in [0, 0.1) is 5.82 Å². The number of nitrogens with one attached hydrogen (secondary N) is 2. The van der Waals surface area contributed by atoms with E-state index in [9.17, 15) is 22.7 Å². The van der Waals surface area contributed by atoms with Gasteiger partial charge in [-0.3, -0.25) is 10.0 Å². The molecular formula is C28H26FN3O5S. The molecule has 1 aromatic heterocycles. The zero-order valence-electron chi connectivity index (χ0n) is 20.3. The van der Waals surface area contributed by atoms with E-state index in [2.05, 4.69) is 4.98 Å². The van der Waals surface area contributed by atoms with Crippen molar-refractivity contribution in [3.05, 3.63) is 101 Å². The first-order valence-corrected chi connectivity index (χ1v) is 13.5. The van der Waals surface area contributed by atoms with Crippen molar-refractivity contribution in [2.75, 3.05) is 6.54 Å². The maximum atomic E-state index is 13.9. The first kappa shape index (κ1) is 25.7. The number of halogens is 1. The molecule has 4 N–H and O–H groups in total. The van der Waals surface area contributed by atoms with Crippen LogP contribution >= 0.6 is 0 Å². The summed E-state index contributed by atoms with van der Waals surface area (Å²) in [5.41, 5.74) is 5.70. The molecule has 1 heterocycles. The van der Waals surface area contributed by atoms with Crippen molar-refractivity contribution in [2.45, 2.75) is 30.2 Å². The Kier molecular flexibility index (Phi) is 7.02. The minimum atomic E-state index is -3.93. The first-order valence-electron chi connectivity index (χ1n) is 12.1. The van der Waals surface area contributed by atoms with Crippen LogP contribution in [0.1, 0.15) is 34.7 Å². The molecule has 1 atom stereocenters. The number of aromatic nitrogens is 1. The van der Waals surface area contributed by atoms with Gasteiger partial charge in [0.2, 0.25) is 10.0 Å². The van der Waals surface area contributed by atoms with Gasteiger partial charge in [0.05, 0.1) is 10.9 Å². The number of nitrogens with zero attached hydrogens (tertiary/aromatic N) is 1. The van der Waals surface area contributed by atoms with Crippen LogP contribution in [0.3, 0.4) is 0 Å². The zero-order chi connectivity index (χ0) is 26.9. The third kappa shape index (κ3) is 5.06. The Morgan fingerprint density at radius 1 is 1.13 bits per heavy atom. The van der Waals surface area contributed by atoms with Crippen molar-refractivity contribution in [2.24, 2.45) is 0 Å². The van der Waals surface area contributed by atoms with Gasteiger partial charge >= 0.3 is 0 Å². The Morgan fingerprint density at radius 2 is 1.92 bits per heavy atom. The number of phenols is 1. The number of benzene rings is 3. The second-order valence-electron chi connectivity index (χ2n) is 9.19. The van der Waals surface area contributed by atoms with Crippen molar-refractivity contribution >= 4 is 32.9 Å². The van der Waals surface area contributed by atoms with Gasteiger partial charge in [-0.25, -0.2) is 18.3 Å². The van der Waals surface area contributed by atoms with E-state index in [4.69, 9.17) is 5.21 Å². The molecular weight excluding hydrogens is 509 g/mol. The number of hydroxylamine groups is 1. The van der Waals surface area contributed by atoms with Crippen LogP contribution in [0.5, 0.6) is 5.75 Å². The van der Waals surface area contributed by atoms with Gasteiger partial charge in [0.25, 0.3) is 5.91 Å². The quantitative estimate of drug-likeness (QED) is 0.151. The Balaban J connectivity index is 1.49. The molecule has 1 amide bonds. The van der Waals surface area contributed by atoms with Gasteiger partial charge in [-0.15, -0.1) is 0 Å². The molecule has 196 valence electrons. The van der Waals surface area contributed by atoms with E-state index in [0.29, 0.717) is 24.8 Å². The first-order chi connectivity index (χ1) is 18.3. The van der Waals surface area contributed by atoms with Gasteiger partial charge in [0, 0.05) is 29.7 Å². The number of fused-ring (bicyclic) bond motifs is 2. The predicted octanol–water partition coefficient (Wildman–Crippen LogP) is 4.45. The topological polar surface area (TPSA) is 123 Å². The summed E-state index contributed by atoms with van der Waals surface area (Å²) in [5.74, 6) is -1.02. The summed E-state index contributed by atoms with van der Waals surface area (Å²) >= 11 is 0. The van der Waals surface area contributed by atoms with Crippen LogP contribution < -0.4 is 5.48 Å². The molecule has 0 saturated carbocycles. The SMILES string of the molecule is O=C(/C=C/c1ccc2c(c1)CCC2N(CCc1c[nH]c2cc(F)ccc12)S(=O)(=O)c1ccc(O)cc1)NO. The number of rotatable bonds is 8. The number of H-pyrrole nitrogens is 1. The minimum absolute atomic E-state index is 0.0248. The highest BCUT2D eigenvalue weighted by Crippen LogP contribution is 2.39. The minimum Gasteiger partial charge on any atom is -0.508 e. The highest BCUT2D eigenvalue weighted by Gasteiger charge is 2.36. The molecule has 5 rings (SSSR count). The second kappa shape index (κ2) is 10.4. The third-order valence-electron chi connectivity index (χ3n) is 6.87. The lowest BCUT2D eigenvalue weighted by Gasteiger charge is -2.29. The molecule has 0 saturated heterocycles. The third-order valence-corrected chi connectivity index (χ3v) is 8.79. The van der Waals surface area contributed by atoms with E-state index < -0.39 is 22.0 Å². The fraction of sp³-hybridized carbons (Fsp3) is 0.179. The number of sulfonamides is 1. The zero-order valence-corrected chi connectivity index (χ0v) is 21.1. The standard InChI is InChI=1S/C28H26FN3O5S/c29-21-4-10-24-20(17-30-26(24)16-21)13-14-32(38(36,37)23-7-5-22(33)6-8-23)27-11-3-19-15-18(1-9-25(19)27)2-12-28(34)31-35/h1-2,4-10,12,15-17,27,30,33,35H,3,11,13-14H2,(H,31,34)/b12-2+. The van der Waals surface area contributed by atoms with E-state index in [1.807, 2.05) is 12.1 Å². The highest BCUT2D eigenvalue weighted by atomic mass is 32.2. The average molecular weight is 536 g/mol. The Morgan fingerprint density at radius 3 is 2.68 bits per heavy atom. The van der Waals surface area contributed by atoms with Gasteiger partial charge in [0.15, 0.2) is 0 Å². The molecule has 3 aromatic carbocycles. The molecule has 0 fully saturated rings. The van der Waals surface area contributed by atoms with Crippen LogP contribution in [0.2, 0.25) is 0 Å². The molecule has 10 heteroatoms. The van der Waals surface area contributed by atoms with Crippen molar-refractivity contribution in [1.82, 2.24) is 14.8 Å². The van der Waals surface area contributed by atoms with E-state index in [1.165, 1.54) is 46.8 Å². The molecule has 0 bridgehead atoms. The van der Waals surface area contributed by atoms with Crippen LogP contribution in [0.4, 0.5) is 4.39 Å². The fourth-order valence-corrected chi connectivity index (χ4v) is 6.66. The number of aromatic hydroxyl groups is 1. The van der Waals surface area contributed by atoms with Crippen LogP contribution in [0.25, 0.3) is 17.0 Å². The summed E-state index contributed by atoms with van der Waals surface area (Å²) in [5, 5.41) is 19.2. The van der Waals surface area contributed by atoms with E-state index in [-0.39, 0.29) is 23.0 Å². The number of aromatic amines is 1. The largest absolute Gasteiger partial charge is 0.508 e. The maximum absolute atomic E-state index is 13.9. The number of amides is 1. The van der Waals surface area contributed by atoms with Gasteiger partial charge in [0.1, 0.15) is 11.6 Å². The second-order valence-corrected chi connectivity index (χ2v) is 11.1. The Bertz CT molecular complexity index is 1630. The van der Waals surface area contributed by atoms with Crippen molar-refractivity contribution < 1.29 is 27.9 Å². The van der Waals surface area contributed by atoms with Gasteiger partial charge in [-0.2, -0.15) is 4.31 Å². The van der Waals surface area contributed by atoms with Crippen molar-refractivity contribution in [1.29, 1.82) is 0 Å². The number of hydrogen-bond acceptors (Lipinski definition) is 5. The molecule has 1 unspecified atom stereocenters. The van der Waals surface area contributed by atoms with Crippen molar-refractivity contribution in [3.8, 4) is 5.75 Å². The number of carbonyl (C=O) groups is 1. The van der Waals surface area contributed by atoms with Crippen LogP contribution in [-0.4, -0.2) is 40.5 Å². The predicted molar refractivity (Wildman–Crippen MR) is 140 cm³/mol. The van der Waals surface area contributed by atoms with Gasteiger partial charge in [-0.05, 0) is 90.1 Å². The van der Waals surface area contributed by atoms with Crippen LogP contribution in [0.15, 0.2) is 77.8 Å². The molecule has 0 spiro atoms. The van der Waals surface area contributed by atoms with E-state index in [0.717, 1.165) is 27.6 Å². The maximum Gasteiger partial charge on any atom is 0.267 e. The number of carbonyl (C=O) groups excluding carboxylic acids is 1. The molecule has 8 nitrogen and oxygen atoms in total. The summed E-state index contributed by atoms with van der Waals surface area (Å²) in [6.45, 7) is 0.190. The number of phenolic OH excluding ortho intramolecular Hbond substituents is 1. The Hall–Kier alpha value is -3.99. The lowest BCUT2D eigenvalue weighted by atomic mass is 10.0. The van der Waals surface area contributed by atoms with E-state index >= 15 is 0 Å². The van der Waals surface area contributed by atoms with Gasteiger partial charge in [-0.1, -0.05) is 18.2 Å². The summed E-state index contributed by atoms with van der Waals surface area (Å²) in [6, 6.07) is 15.1. The molecule has 1 aliphatic carbocycles. The molecule has 0 radical (unpaired) electrons. The lowest BCUT2D eigenvalue weighted by molar-refractivity contribution is -0.124. The molecule has 0 aliphatic heterocycles. The average Bonchev–Trinajstić information content (AvgIpc) is 3.51. The van der Waals surface area contributed by atoms with Crippen LogP contribution in [-0.2, 0) is 27.7 Å². The number of hydrogen-bond donors (Lipinski definition) is 4. The highest BCUT2D eigenvalue weighted by molar-refractivity contribution is 7.89. The molecule has 1 aliphatic rings. The van der Waals surface area contributed by atoms with Gasteiger partial charge < -0.3 is 10.1 Å². The normalized spacial score (nSPS) is 15.4. The summed E-state index contributed by atoms with van der Waals surface area (Å²) in [7, 11) is -3.93. The molecule has 38 heavy (non-hydrogen) atoms.